The second-order valence-corrected chi connectivity index (χ2v) is 6.35. The molecule has 0 aliphatic rings. The summed E-state index contributed by atoms with van der Waals surface area (Å²) in [5.74, 6) is -0.0963. The summed E-state index contributed by atoms with van der Waals surface area (Å²) in [5.41, 5.74) is -0.125. The number of rotatable bonds is 4. The Bertz CT molecular complexity index is 455. The number of Topliss-reactive ketones (excluding diaryl/α,β-unsaturated/α-hetero) is 1. The molecule has 0 bridgehead atoms. The van der Waals surface area contributed by atoms with Crippen LogP contribution in [0.3, 0.4) is 0 Å². The van der Waals surface area contributed by atoms with Gasteiger partial charge in [-0.3, -0.25) is 9.59 Å². The quantitative estimate of drug-likeness (QED) is 0.905. The largest absolute Gasteiger partial charge is 0.348 e. The number of ketones is 1. The number of carbonyl (C=O) groups is 2. The van der Waals surface area contributed by atoms with Crippen molar-refractivity contribution < 1.29 is 9.59 Å². The molecule has 3 heteroatoms. The molecule has 0 fully saturated rings. The van der Waals surface area contributed by atoms with Crippen molar-refractivity contribution in [3.05, 3.63) is 35.9 Å². The van der Waals surface area contributed by atoms with Gasteiger partial charge in [0.2, 0.25) is 5.91 Å². The van der Waals surface area contributed by atoms with Crippen LogP contribution in [0.15, 0.2) is 30.3 Å². The molecule has 1 aromatic carbocycles. The van der Waals surface area contributed by atoms with Gasteiger partial charge in [0.1, 0.15) is 0 Å². The molecule has 0 radical (unpaired) electrons. The van der Waals surface area contributed by atoms with Crippen molar-refractivity contribution in [1.29, 1.82) is 0 Å². The first kappa shape index (κ1) is 15.4. The van der Waals surface area contributed by atoms with Gasteiger partial charge in [-0.2, -0.15) is 0 Å². The van der Waals surface area contributed by atoms with E-state index in [-0.39, 0.29) is 18.2 Å². The predicted octanol–water partition coefficient (Wildman–Crippen LogP) is 2.70. The Balaban J connectivity index is 2.71. The summed E-state index contributed by atoms with van der Waals surface area (Å²) in [6.07, 6.45) is 0. The van der Waals surface area contributed by atoms with E-state index < -0.39 is 10.8 Å². The summed E-state index contributed by atoms with van der Waals surface area (Å²) in [6.45, 7) is 9.36. The van der Waals surface area contributed by atoms with E-state index in [9.17, 15) is 9.59 Å². The van der Waals surface area contributed by atoms with Gasteiger partial charge in [0, 0.05) is 5.41 Å². The molecule has 19 heavy (non-hydrogen) atoms. The van der Waals surface area contributed by atoms with Gasteiger partial charge in [-0.15, -0.1) is 0 Å². The zero-order valence-corrected chi connectivity index (χ0v) is 12.4. The van der Waals surface area contributed by atoms with E-state index in [1.807, 2.05) is 65.0 Å². The van der Waals surface area contributed by atoms with E-state index in [4.69, 9.17) is 0 Å². The number of hydrogen-bond acceptors (Lipinski definition) is 2. The Morgan fingerprint density at radius 3 is 2.00 bits per heavy atom. The fraction of sp³-hybridized carbons (Fsp3) is 0.500. The number of hydrogen-bond donors (Lipinski definition) is 1. The standard InChI is InChI=1S/C16H23NO2/c1-15(2,3)13(18)11-17-14(19)16(4,5)12-9-7-6-8-10-12/h6-10H,11H2,1-5H3,(H,17,19). The van der Waals surface area contributed by atoms with Crippen LogP contribution in [0, 0.1) is 5.41 Å². The number of nitrogens with one attached hydrogen (secondary N) is 1. The first-order valence-electron chi connectivity index (χ1n) is 6.53. The van der Waals surface area contributed by atoms with Crippen molar-refractivity contribution in [2.75, 3.05) is 6.54 Å². The molecular weight excluding hydrogens is 238 g/mol. The summed E-state index contributed by atoms with van der Waals surface area (Å²) in [5, 5.41) is 2.74. The average Bonchev–Trinajstić information content (AvgIpc) is 2.35. The smallest absolute Gasteiger partial charge is 0.230 e. The lowest BCUT2D eigenvalue weighted by Crippen LogP contribution is -2.44. The third-order valence-electron chi connectivity index (χ3n) is 3.31. The molecule has 1 rings (SSSR count). The van der Waals surface area contributed by atoms with E-state index in [2.05, 4.69) is 5.32 Å². The van der Waals surface area contributed by atoms with Crippen molar-refractivity contribution >= 4 is 11.7 Å². The molecular formula is C16H23NO2. The monoisotopic (exact) mass is 261 g/mol. The normalized spacial score (nSPS) is 12.1. The first-order valence-corrected chi connectivity index (χ1v) is 6.53. The van der Waals surface area contributed by atoms with Crippen LogP contribution in [0.5, 0.6) is 0 Å². The maximum Gasteiger partial charge on any atom is 0.230 e. The van der Waals surface area contributed by atoms with Crippen LogP contribution in [-0.2, 0) is 15.0 Å². The Kier molecular flexibility index (Phi) is 4.51. The molecule has 1 aromatic rings. The summed E-state index contributed by atoms with van der Waals surface area (Å²) in [4.78, 5) is 24.1. The minimum Gasteiger partial charge on any atom is -0.348 e. The fourth-order valence-corrected chi connectivity index (χ4v) is 1.63. The molecule has 0 atom stereocenters. The molecule has 0 aliphatic carbocycles. The third-order valence-corrected chi connectivity index (χ3v) is 3.31. The first-order chi connectivity index (χ1) is 8.65. The highest BCUT2D eigenvalue weighted by molar-refractivity contribution is 5.93. The highest BCUT2D eigenvalue weighted by Gasteiger charge is 2.30. The summed E-state index contributed by atoms with van der Waals surface area (Å²) < 4.78 is 0. The molecule has 104 valence electrons. The summed E-state index contributed by atoms with van der Waals surface area (Å²) in [7, 11) is 0. The Labute approximate surface area is 115 Å². The third kappa shape index (κ3) is 3.91. The van der Waals surface area contributed by atoms with Crippen molar-refractivity contribution in [2.45, 2.75) is 40.0 Å². The Hall–Kier alpha value is -1.64. The molecule has 0 saturated heterocycles. The van der Waals surface area contributed by atoms with Crippen LogP contribution in [0.2, 0.25) is 0 Å². The van der Waals surface area contributed by atoms with Crippen molar-refractivity contribution in [1.82, 2.24) is 5.32 Å². The van der Waals surface area contributed by atoms with Crippen molar-refractivity contribution in [2.24, 2.45) is 5.41 Å². The molecule has 0 spiro atoms. The van der Waals surface area contributed by atoms with Crippen LogP contribution in [0.1, 0.15) is 40.2 Å². The van der Waals surface area contributed by atoms with Crippen LogP contribution in [0.4, 0.5) is 0 Å². The van der Waals surface area contributed by atoms with E-state index in [1.165, 1.54) is 0 Å². The van der Waals surface area contributed by atoms with E-state index in [1.54, 1.807) is 0 Å². The zero-order chi connectivity index (χ0) is 14.7. The Morgan fingerprint density at radius 2 is 1.53 bits per heavy atom. The number of amides is 1. The van der Waals surface area contributed by atoms with Crippen molar-refractivity contribution in [3.8, 4) is 0 Å². The Morgan fingerprint density at radius 1 is 1.00 bits per heavy atom. The lowest BCUT2D eigenvalue weighted by Gasteiger charge is -2.25. The molecule has 0 saturated carbocycles. The van der Waals surface area contributed by atoms with Gasteiger partial charge in [0.05, 0.1) is 12.0 Å². The van der Waals surface area contributed by atoms with Gasteiger partial charge in [0.25, 0.3) is 0 Å². The molecule has 0 aliphatic heterocycles. The van der Waals surface area contributed by atoms with Crippen LogP contribution in [0.25, 0.3) is 0 Å². The van der Waals surface area contributed by atoms with Crippen LogP contribution < -0.4 is 5.32 Å². The van der Waals surface area contributed by atoms with Gasteiger partial charge < -0.3 is 5.32 Å². The molecule has 0 unspecified atom stereocenters. The van der Waals surface area contributed by atoms with E-state index >= 15 is 0 Å². The van der Waals surface area contributed by atoms with Gasteiger partial charge in [-0.05, 0) is 19.4 Å². The highest BCUT2D eigenvalue weighted by atomic mass is 16.2. The second kappa shape index (κ2) is 5.55. The lowest BCUT2D eigenvalue weighted by atomic mass is 9.83. The predicted molar refractivity (Wildman–Crippen MR) is 76.9 cm³/mol. The molecule has 0 heterocycles. The minimum atomic E-state index is -0.639. The van der Waals surface area contributed by atoms with E-state index in [0.29, 0.717) is 0 Å². The minimum absolute atomic E-state index is 0.0321. The van der Waals surface area contributed by atoms with Gasteiger partial charge >= 0.3 is 0 Å². The fourth-order valence-electron chi connectivity index (χ4n) is 1.63. The lowest BCUT2D eigenvalue weighted by molar-refractivity contribution is -0.131. The van der Waals surface area contributed by atoms with Crippen molar-refractivity contribution in [3.63, 3.8) is 0 Å². The number of carbonyl (C=O) groups excluding carboxylic acids is 2. The van der Waals surface area contributed by atoms with Crippen LogP contribution >= 0.6 is 0 Å². The van der Waals surface area contributed by atoms with E-state index in [0.717, 1.165) is 5.56 Å². The molecule has 1 N–H and O–H groups in total. The zero-order valence-electron chi connectivity index (χ0n) is 12.4. The topological polar surface area (TPSA) is 46.2 Å². The molecule has 1 amide bonds. The average molecular weight is 261 g/mol. The molecule has 3 nitrogen and oxygen atoms in total. The number of benzene rings is 1. The SMILES string of the molecule is CC(C)(C)C(=O)CNC(=O)C(C)(C)c1ccccc1. The summed E-state index contributed by atoms with van der Waals surface area (Å²) >= 11 is 0. The maximum atomic E-state index is 12.2. The van der Waals surface area contributed by atoms with Gasteiger partial charge in [-0.1, -0.05) is 51.1 Å². The molecule has 0 aromatic heterocycles. The maximum absolute atomic E-state index is 12.2. The van der Waals surface area contributed by atoms with Gasteiger partial charge in [0.15, 0.2) is 5.78 Å². The highest BCUT2D eigenvalue weighted by Crippen LogP contribution is 2.23. The van der Waals surface area contributed by atoms with Crippen LogP contribution in [-0.4, -0.2) is 18.2 Å². The second-order valence-electron chi connectivity index (χ2n) is 6.35. The summed E-state index contributed by atoms with van der Waals surface area (Å²) in [6, 6.07) is 9.58. The van der Waals surface area contributed by atoms with Gasteiger partial charge in [-0.25, -0.2) is 0 Å².